The number of likely N-dealkylation sites (tertiary alicyclic amines) is 1. The summed E-state index contributed by atoms with van der Waals surface area (Å²) in [6.45, 7) is 2.54. The van der Waals surface area contributed by atoms with Gasteiger partial charge in [-0.2, -0.15) is 0 Å². The molecule has 3 heterocycles. The van der Waals surface area contributed by atoms with Gasteiger partial charge in [0, 0.05) is 42.6 Å². The van der Waals surface area contributed by atoms with Gasteiger partial charge in [-0.15, -0.1) is 0 Å². The van der Waals surface area contributed by atoms with Gasteiger partial charge in [0.15, 0.2) is 11.5 Å². The van der Waals surface area contributed by atoms with E-state index in [0.717, 1.165) is 36.6 Å². The fraction of sp³-hybridized carbons (Fsp3) is 0.368. The Kier molecular flexibility index (Phi) is 4.84. The first-order valence-corrected chi connectivity index (χ1v) is 9.14. The van der Waals surface area contributed by atoms with Crippen molar-refractivity contribution in [3.63, 3.8) is 0 Å². The molecule has 7 heteroatoms. The van der Waals surface area contributed by atoms with Crippen LogP contribution in [-0.4, -0.2) is 48.1 Å². The zero-order valence-corrected chi connectivity index (χ0v) is 15.0. The number of anilines is 1. The summed E-state index contributed by atoms with van der Waals surface area (Å²) in [5, 5.41) is 3.84. The summed E-state index contributed by atoms with van der Waals surface area (Å²) in [5.41, 5.74) is 1.55. The molecule has 6 nitrogen and oxygen atoms in total. The summed E-state index contributed by atoms with van der Waals surface area (Å²) in [5.74, 6) is 1.52. The minimum Gasteiger partial charge on any atom is -0.486 e. The lowest BCUT2D eigenvalue weighted by molar-refractivity contribution is 0.0714. The second kappa shape index (κ2) is 7.41. The summed E-state index contributed by atoms with van der Waals surface area (Å²) in [6, 6.07) is 9.36. The zero-order chi connectivity index (χ0) is 17.9. The molecule has 26 heavy (non-hydrogen) atoms. The van der Waals surface area contributed by atoms with Crippen molar-refractivity contribution in [3.05, 3.63) is 47.2 Å². The second-order valence-electron chi connectivity index (χ2n) is 6.46. The zero-order valence-electron chi connectivity index (χ0n) is 14.3. The molecule has 0 bridgehead atoms. The van der Waals surface area contributed by atoms with Crippen LogP contribution in [0.2, 0.25) is 5.15 Å². The fourth-order valence-electron chi connectivity index (χ4n) is 3.37. The monoisotopic (exact) mass is 373 g/mol. The minimum absolute atomic E-state index is 0.0111. The first kappa shape index (κ1) is 17.0. The Hall–Kier alpha value is -2.47. The Labute approximate surface area is 157 Å². The van der Waals surface area contributed by atoms with Crippen molar-refractivity contribution in [1.29, 1.82) is 0 Å². The van der Waals surface area contributed by atoms with Crippen LogP contribution >= 0.6 is 11.6 Å². The molecule has 1 N–H and O–H groups in total. The normalized spacial score (nSPS) is 19.1. The second-order valence-corrected chi connectivity index (χ2v) is 6.85. The van der Waals surface area contributed by atoms with Crippen LogP contribution in [0.25, 0.3) is 0 Å². The number of hydrogen-bond donors (Lipinski definition) is 1. The van der Waals surface area contributed by atoms with Gasteiger partial charge in [-0.05, 0) is 37.1 Å². The molecule has 136 valence electrons. The van der Waals surface area contributed by atoms with Gasteiger partial charge in [-0.3, -0.25) is 4.79 Å². The molecule has 0 unspecified atom stereocenters. The summed E-state index contributed by atoms with van der Waals surface area (Å²) < 4.78 is 11.2. The molecular weight excluding hydrogens is 354 g/mol. The molecule has 1 aromatic carbocycles. The molecule has 1 aromatic heterocycles. The molecule has 0 aliphatic carbocycles. The predicted molar refractivity (Wildman–Crippen MR) is 99.2 cm³/mol. The van der Waals surface area contributed by atoms with Gasteiger partial charge in [0.1, 0.15) is 18.4 Å². The highest BCUT2D eigenvalue weighted by molar-refractivity contribution is 6.29. The molecule has 2 aromatic rings. The van der Waals surface area contributed by atoms with E-state index in [1.807, 2.05) is 23.1 Å². The number of carbonyl (C=O) groups excluding carboxylic acids is 1. The molecule has 0 saturated carbocycles. The number of fused-ring (bicyclic) bond motifs is 1. The van der Waals surface area contributed by atoms with Crippen molar-refractivity contribution < 1.29 is 14.3 Å². The fourth-order valence-corrected chi connectivity index (χ4v) is 3.54. The lowest BCUT2D eigenvalue weighted by Gasteiger charge is -2.34. The van der Waals surface area contributed by atoms with Gasteiger partial charge in [-0.25, -0.2) is 4.98 Å². The van der Waals surface area contributed by atoms with Crippen molar-refractivity contribution in [2.75, 3.05) is 31.6 Å². The molecule has 0 spiro atoms. The van der Waals surface area contributed by atoms with Gasteiger partial charge >= 0.3 is 0 Å². The summed E-state index contributed by atoms with van der Waals surface area (Å²) in [7, 11) is 0. The average Bonchev–Trinajstić information content (AvgIpc) is 2.67. The first-order chi connectivity index (χ1) is 12.7. The van der Waals surface area contributed by atoms with Gasteiger partial charge in [0.25, 0.3) is 5.91 Å². The Morgan fingerprint density at radius 1 is 1.19 bits per heavy atom. The van der Waals surface area contributed by atoms with Crippen molar-refractivity contribution in [2.24, 2.45) is 0 Å². The van der Waals surface area contributed by atoms with E-state index >= 15 is 0 Å². The Bertz CT molecular complexity index is 814. The number of pyridine rings is 1. The van der Waals surface area contributed by atoms with E-state index in [9.17, 15) is 4.79 Å². The number of carbonyl (C=O) groups is 1. The topological polar surface area (TPSA) is 63.7 Å². The van der Waals surface area contributed by atoms with Crippen LogP contribution in [0.15, 0.2) is 36.5 Å². The lowest BCUT2D eigenvalue weighted by atomic mass is 10.0. The quantitative estimate of drug-likeness (QED) is 0.837. The molecule has 4 rings (SSSR count). The number of piperidine rings is 1. The van der Waals surface area contributed by atoms with Gasteiger partial charge in [0.05, 0.1) is 0 Å². The van der Waals surface area contributed by atoms with Crippen molar-refractivity contribution >= 4 is 23.2 Å². The maximum Gasteiger partial charge on any atom is 0.254 e. The molecule has 1 saturated heterocycles. The number of amides is 1. The van der Waals surface area contributed by atoms with Crippen LogP contribution in [-0.2, 0) is 0 Å². The third kappa shape index (κ3) is 3.70. The summed E-state index contributed by atoms with van der Waals surface area (Å²) in [6.07, 6.45) is 3.52. The van der Waals surface area contributed by atoms with Crippen molar-refractivity contribution in [2.45, 2.75) is 18.9 Å². The number of ether oxygens (including phenoxy) is 2. The number of hydrogen-bond acceptors (Lipinski definition) is 5. The van der Waals surface area contributed by atoms with E-state index in [-0.39, 0.29) is 11.9 Å². The highest BCUT2D eigenvalue weighted by atomic mass is 35.5. The number of halogens is 1. The van der Waals surface area contributed by atoms with E-state index in [2.05, 4.69) is 10.3 Å². The van der Waals surface area contributed by atoms with Crippen LogP contribution in [0, 0.1) is 0 Å². The predicted octanol–water partition coefficient (Wildman–Crippen LogP) is 3.22. The maximum absolute atomic E-state index is 12.7. The first-order valence-electron chi connectivity index (χ1n) is 8.76. The van der Waals surface area contributed by atoms with E-state index in [4.69, 9.17) is 21.1 Å². The van der Waals surface area contributed by atoms with Crippen molar-refractivity contribution in [1.82, 2.24) is 9.88 Å². The number of nitrogens with one attached hydrogen (secondary N) is 1. The minimum atomic E-state index is -0.0111. The lowest BCUT2D eigenvalue weighted by Crippen LogP contribution is -2.45. The molecule has 1 amide bonds. The standard InChI is InChI=1S/C19H20ClN3O3/c20-18-10-13(5-6-21-18)19(24)23-7-1-2-15(12-23)22-14-3-4-16-17(11-14)26-9-8-25-16/h3-6,10-11,15,22H,1-2,7-9,12H2/t15-/m0/s1. The smallest absolute Gasteiger partial charge is 0.254 e. The van der Waals surface area contributed by atoms with Crippen molar-refractivity contribution in [3.8, 4) is 11.5 Å². The number of rotatable bonds is 3. The Morgan fingerprint density at radius 3 is 2.88 bits per heavy atom. The van der Waals surface area contributed by atoms with Crippen LogP contribution in [0.4, 0.5) is 5.69 Å². The Morgan fingerprint density at radius 2 is 2.04 bits per heavy atom. The van der Waals surface area contributed by atoms with E-state index in [1.165, 1.54) is 0 Å². The van der Waals surface area contributed by atoms with Gasteiger partial charge in [-0.1, -0.05) is 11.6 Å². The number of nitrogens with zero attached hydrogens (tertiary/aromatic N) is 2. The molecule has 1 fully saturated rings. The highest BCUT2D eigenvalue weighted by Gasteiger charge is 2.25. The van der Waals surface area contributed by atoms with E-state index in [1.54, 1.807) is 18.3 Å². The molecule has 0 radical (unpaired) electrons. The largest absolute Gasteiger partial charge is 0.486 e. The number of benzene rings is 1. The van der Waals surface area contributed by atoms with Crippen LogP contribution < -0.4 is 14.8 Å². The third-order valence-electron chi connectivity index (χ3n) is 4.60. The van der Waals surface area contributed by atoms with Gasteiger partial charge in [0.2, 0.25) is 0 Å². The molecule has 2 aliphatic heterocycles. The molecule has 2 aliphatic rings. The van der Waals surface area contributed by atoms with E-state index < -0.39 is 0 Å². The maximum atomic E-state index is 12.7. The summed E-state index contributed by atoms with van der Waals surface area (Å²) >= 11 is 5.91. The Balaban J connectivity index is 1.43. The van der Waals surface area contributed by atoms with Crippen LogP contribution in [0.1, 0.15) is 23.2 Å². The highest BCUT2D eigenvalue weighted by Crippen LogP contribution is 2.33. The number of aromatic nitrogens is 1. The molecule has 1 atom stereocenters. The van der Waals surface area contributed by atoms with E-state index in [0.29, 0.717) is 30.5 Å². The SMILES string of the molecule is O=C(c1ccnc(Cl)c1)N1CCC[C@H](Nc2ccc3c(c2)OCCO3)C1. The third-order valence-corrected chi connectivity index (χ3v) is 4.80. The van der Waals surface area contributed by atoms with Crippen LogP contribution in [0.5, 0.6) is 11.5 Å². The molecular formula is C19H20ClN3O3. The summed E-state index contributed by atoms with van der Waals surface area (Å²) in [4.78, 5) is 18.5. The van der Waals surface area contributed by atoms with Gasteiger partial charge < -0.3 is 19.7 Å². The van der Waals surface area contributed by atoms with Crippen LogP contribution in [0.3, 0.4) is 0 Å². The average molecular weight is 374 g/mol.